The van der Waals surface area contributed by atoms with Gasteiger partial charge in [-0.2, -0.15) is 0 Å². The van der Waals surface area contributed by atoms with Crippen molar-refractivity contribution in [2.45, 2.75) is 74.7 Å². The van der Waals surface area contributed by atoms with Crippen LogP contribution in [0.4, 0.5) is 0 Å². The Balaban J connectivity index is -0.000000456. The molecule has 1 aromatic rings. The normalized spacial score (nSPS) is 10.9. The number of hydrogen-bond acceptors (Lipinski definition) is 8. The van der Waals surface area contributed by atoms with Gasteiger partial charge in [0.25, 0.3) is 5.56 Å². The van der Waals surface area contributed by atoms with Gasteiger partial charge in [-0.3, -0.25) is 19.8 Å². The molecule has 0 radical (unpaired) electrons. The van der Waals surface area contributed by atoms with Crippen LogP contribution >= 0.6 is 12.4 Å². The minimum Gasteiger partial charge on any atom is -0.500 e. The number of carbonyl (C=O) groups is 3. The second-order valence-electron chi connectivity index (χ2n) is 9.21. The molecular weight excluding hydrogens is 476 g/mol. The summed E-state index contributed by atoms with van der Waals surface area (Å²) in [6, 6.07) is 0. The number of nitrogens with zero attached hydrogens (tertiary/aromatic N) is 1. The fraction of sp³-hybridized carbons (Fsp3) is 0.583. The molecule has 0 amide bonds. The number of hydrogen-bond donors (Lipinski definition) is 3. The third-order valence-electron chi connectivity index (χ3n) is 3.94. The van der Waals surface area contributed by atoms with Crippen molar-refractivity contribution in [3.05, 3.63) is 39.8 Å². The predicted octanol–water partition coefficient (Wildman–Crippen LogP) is 3.72. The number of aromatic amines is 1. The number of carbonyl (C=O) groups excluding carboxylic acids is 3. The average molecular weight is 517 g/mol. The van der Waals surface area contributed by atoms with Crippen LogP contribution in [-0.2, 0) is 24.5 Å². The lowest BCUT2D eigenvalue weighted by Gasteiger charge is -2.16. The van der Waals surface area contributed by atoms with E-state index in [1.807, 2.05) is 41.5 Å². The number of H-pyrrole nitrogens is 1. The quantitative estimate of drug-likeness (QED) is 0.0751. The van der Waals surface area contributed by atoms with Crippen LogP contribution in [0.15, 0.2) is 22.8 Å². The monoisotopic (exact) mass is 516 g/mol. The highest BCUT2D eigenvalue weighted by Crippen LogP contribution is 2.15. The molecule has 0 spiro atoms. The number of aromatic nitrogens is 2. The van der Waals surface area contributed by atoms with Crippen molar-refractivity contribution >= 4 is 35.8 Å². The van der Waals surface area contributed by atoms with Crippen molar-refractivity contribution in [1.82, 2.24) is 9.97 Å². The molecule has 1 rings (SSSR count). The zero-order valence-corrected chi connectivity index (χ0v) is 23.3. The zero-order chi connectivity index (χ0) is 27.3. The summed E-state index contributed by atoms with van der Waals surface area (Å²) in [6.45, 7) is 18.3. The SMILES string of the molecule is CC(=O)c1cnc(C(C)(C)C)[nH]c1=O.CC(C)(C)C(=N)N.CCO/C=C(/C(C)=O)C(=O)OCC.Cl. The van der Waals surface area contributed by atoms with E-state index < -0.39 is 5.97 Å². The molecule has 11 heteroatoms. The van der Waals surface area contributed by atoms with E-state index in [-0.39, 0.29) is 63.9 Å². The Bertz CT molecular complexity index is 941. The summed E-state index contributed by atoms with van der Waals surface area (Å²) < 4.78 is 9.50. The summed E-state index contributed by atoms with van der Waals surface area (Å²) in [4.78, 5) is 51.1. The first-order valence-corrected chi connectivity index (χ1v) is 10.8. The van der Waals surface area contributed by atoms with E-state index in [1.54, 1.807) is 13.8 Å². The highest BCUT2D eigenvalue weighted by molar-refractivity contribution is 6.16. The maximum Gasteiger partial charge on any atom is 0.344 e. The molecule has 0 saturated carbocycles. The Labute approximate surface area is 214 Å². The van der Waals surface area contributed by atoms with E-state index in [0.29, 0.717) is 12.4 Å². The number of nitrogens with one attached hydrogen (secondary N) is 2. The van der Waals surface area contributed by atoms with Crippen LogP contribution in [-0.4, -0.2) is 46.6 Å². The van der Waals surface area contributed by atoms with Crippen molar-refractivity contribution in [3.63, 3.8) is 0 Å². The number of esters is 1. The van der Waals surface area contributed by atoms with E-state index in [2.05, 4.69) is 14.7 Å². The second-order valence-corrected chi connectivity index (χ2v) is 9.21. The van der Waals surface area contributed by atoms with Crippen LogP contribution in [0.25, 0.3) is 0 Å². The molecule has 0 bridgehead atoms. The van der Waals surface area contributed by atoms with Crippen LogP contribution in [0.5, 0.6) is 0 Å². The fourth-order valence-electron chi connectivity index (χ4n) is 1.68. The first kappa shape index (κ1) is 36.6. The molecule has 200 valence electrons. The molecule has 0 unspecified atom stereocenters. The molecular formula is C24H41ClN4O6. The Morgan fingerprint density at radius 2 is 1.57 bits per heavy atom. The number of Topliss-reactive ketones (excluding diaryl/α,β-unsaturated/α-hetero) is 2. The van der Waals surface area contributed by atoms with Gasteiger partial charge in [0.15, 0.2) is 11.6 Å². The van der Waals surface area contributed by atoms with Crippen LogP contribution in [0.1, 0.15) is 85.4 Å². The lowest BCUT2D eigenvalue weighted by Crippen LogP contribution is -2.27. The highest BCUT2D eigenvalue weighted by atomic mass is 35.5. The molecule has 0 fully saturated rings. The van der Waals surface area contributed by atoms with Crippen molar-refractivity contribution < 1.29 is 23.9 Å². The topological polar surface area (TPSA) is 165 Å². The van der Waals surface area contributed by atoms with Gasteiger partial charge in [-0.25, -0.2) is 9.78 Å². The zero-order valence-electron chi connectivity index (χ0n) is 22.5. The van der Waals surface area contributed by atoms with Gasteiger partial charge >= 0.3 is 5.97 Å². The first-order valence-electron chi connectivity index (χ1n) is 10.8. The number of ether oxygens (including phenoxy) is 2. The molecule has 4 N–H and O–H groups in total. The lowest BCUT2D eigenvalue weighted by molar-refractivity contribution is -0.140. The van der Waals surface area contributed by atoms with Gasteiger partial charge in [-0.1, -0.05) is 41.5 Å². The molecule has 0 aliphatic heterocycles. The molecule has 1 aromatic heterocycles. The van der Waals surface area contributed by atoms with Crippen LogP contribution in [0.3, 0.4) is 0 Å². The van der Waals surface area contributed by atoms with Crippen molar-refractivity contribution in [3.8, 4) is 0 Å². The molecule has 0 saturated heterocycles. The summed E-state index contributed by atoms with van der Waals surface area (Å²) in [5.41, 5.74) is 4.49. The Morgan fingerprint density at radius 3 is 1.86 bits per heavy atom. The maximum atomic E-state index is 11.4. The largest absolute Gasteiger partial charge is 0.500 e. The van der Waals surface area contributed by atoms with Gasteiger partial charge in [0.1, 0.15) is 23.2 Å². The maximum absolute atomic E-state index is 11.4. The summed E-state index contributed by atoms with van der Waals surface area (Å²) in [7, 11) is 0. The average Bonchev–Trinajstić information content (AvgIpc) is 2.67. The van der Waals surface area contributed by atoms with E-state index >= 15 is 0 Å². The second kappa shape index (κ2) is 16.6. The van der Waals surface area contributed by atoms with Gasteiger partial charge in [0, 0.05) is 17.0 Å². The third kappa shape index (κ3) is 15.5. The van der Waals surface area contributed by atoms with Crippen molar-refractivity contribution in [1.29, 1.82) is 5.41 Å². The van der Waals surface area contributed by atoms with Crippen LogP contribution < -0.4 is 11.3 Å². The van der Waals surface area contributed by atoms with E-state index in [4.69, 9.17) is 15.9 Å². The van der Waals surface area contributed by atoms with Gasteiger partial charge < -0.3 is 20.2 Å². The van der Waals surface area contributed by atoms with E-state index in [1.165, 1.54) is 20.0 Å². The minimum absolute atomic E-state index is 0. The van der Waals surface area contributed by atoms with Crippen molar-refractivity contribution in [2.75, 3.05) is 13.2 Å². The standard InChI is InChI=1S/C10H14N2O2.C9H14O4.C5H12N2.ClH/c1-6(13)7-5-11-9(10(2,3)4)12-8(7)14;1-4-12-6-8(7(3)10)9(11)13-5-2;1-5(2,3)4(6)7;/h5H,1-4H3,(H,11,12,14);6H,4-5H2,1-3H3;1-3H3,(H3,6,7);1H/b;8-6-;;. The Kier molecular flexibility index (Phi) is 17.3. The van der Waals surface area contributed by atoms with Crippen molar-refractivity contribution in [2.24, 2.45) is 11.1 Å². The predicted molar refractivity (Wildman–Crippen MR) is 139 cm³/mol. The minimum atomic E-state index is -0.636. The molecule has 10 nitrogen and oxygen atoms in total. The smallest absolute Gasteiger partial charge is 0.344 e. The number of amidine groups is 1. The highest BCUT2D eigenvalue weighted by Gasteiger charge is 2.18. The van der Waals surface area contributed by atoms with Gasteiger partial charge in [-0.15, -0.1) is 12.4 Å². The summed E-state index contributed by atoms with van der Waals surface area (Å²) in [5.74, 6) is -0.422. The Hall–Kier alpha value is -3.01. The summed E-state index contributed by atoms with van der Waals surface area (Å²) in [5, 5.41) is 6.92. The molecule has 0 aliphatic rings. The summed E-state index contributed by atoms with van der Waals surface area (Å²) >= 11 is 0. The third-order valence-corrected chi connectivity index (χ3v) is 3.94. The van der Waals surface area contributed by atoms with E-state index in [0.717, 1.165) is 6.26 Å². The number of ketones is 2. The number of nitrogens with two attached hydrogens (primary N) is 1. The van der Waals surface area contributed by atoms with E-state index in [9.17, 15) is 19.2 Å². The Morgan fingerprint density at radius 1 is 1.09 bits per heavy atom. The van der Waals surface area contributed by atoms with Gasteiger partial charge in [-0.05, 0) is 27.7 Å². The molecule has 35 heavy (non-hydrogen) atoms. The molecule has 0 aliphatic carbocycles. The van der Waals surface area contributed by atoms with Crippen LogP contribution in [0, 0.1) is 10.8 Å². The number of halogens is 1. The molecule has 1 heterocycles. The van der Waals surface area contributed by atoms with Gasteiger partial charge in [0.05, 0.1) is 19.0 Å². The first-order chi connectivity index (χ1) is 15.4. The lowest BCUT2D eigenvalue weighted by atomic mass is 9.95. The number of rotatable bonds is 6. The molecule has 0 aromatic carbocycles. The molecule has 0 atom stereocenters. The van der Waals surface area contributed by atoms with Crippen LogP contribution in [0.2, 0.25) is 0 Å². The fourth-order valence-corrected chi connectivity index (χ4v) is 1.68. The van der Waals surface area contributed by atoms with Gasteiger partial charge in [0.2, 0.25) is 0 Å². The summed E-state index contributed by atoms with van der Waals surface area (Å²) in [6.07, 6.45) is 2.47.